The van der Waals surface area contributed by atoms with E-state index in [4.69, 9.17) is 21.1 Å². The summed E-state index contributed by atoms with van der Waals surface area (Å²) >= 11 is 4.10. The van der Waals surface area contributed by atoms with Crippen molar-refractivity contribution >= 4 is 46.3 Å². The van der Waals surface area contributed by atoms with Gasteiger partial charge in [0, 0.05) is 40.8 Å². The maximum absolute atomic E-state index is 12.7. The van der Waals surface area contributed by atoms with Crippen LogP contribution in [-0.2, 0) is 22.8 Å². The fraction of sp³-hybridized carbons (Fsp3) is 0.273. The van der Waals surface area contributed by atoms with Crippen molar-refractivity contribution in [3.05, 3.63) is 65.2 Å². The number of nitrogens with one attached hydrogen (secondary N) is 1. The summed E-state index contributed by atoms with van der Waals surface area (Å²) in [6, 6.07) is 9.21. The molecule has 0 aliphatic rings. The highest BCUT2D eigenvalue weighted by molar-refractivity contribution is 7.90. The predicted octanol–water partition coefficient (Wildman–Crippen LogP) is 4.54. The molecule has 4 rings (SSSR count). The number of H-pyrrole nitrogens is 1. The fourth-order valence-corrected chi connectivity index (χ4v) is 4.21. The summed E-state index contributed by atoms with van der Waals surface area (Å²) in [4.78, 5) is 19.9. The molecule has 0 aliphatic carbocycles. The maximum Gasteiger partial charge on any atom is 0.323 e. The summed E-state index contributed by atoms with van der Waals surface area (Å²) in [6.07, 6.45) is 3.46. The number of aromatic amines is 1. The third-order valence-corrected chi connectivity index (χ3v) is 6.04. The average Bonchev–Trinajstić information content (AvgIpc) is 3.25. The van der Waals surface area contributed by atoms with Gasteiger partial charge in [-0.25, -0.2) is 0 Å². The summed E-state index contributed by atoms with van der Waals surface area (Å²) in [5, 5.41) is 0.367. The van der Waals surface area contributed by atoms with E-state index in [2.05, 4.69) is 24.9 Å². The molecule has 1 N–H and O–H groups in total. The minimum absolute atomic E-state index is 0. The Hall–Kier alpha value is -2.59. The molecule has 0 aliphatic heterocycles. The summed E-state index contributed by atoms with van der Waals surface area (Å²) in [6.45, 7) is 3.84. The van der Waals surface area contributed by atoms with Crippen LogP contribution in [0.3, 0.4) is 0 Å². The van der Waals surface area contributed by atoms with E-state index < -0.39 is 11.2 Å². The van der Waals surface area contributed by atoms with Crippen molar-refractivity contribution < 1.29 is 14.0 Å². The van der Waals surface area contributed by atoms with Crippen molar-refractivity contribution in [1.29, 1.82) is 0 Å². The third-order valence-electron chi connectivity index (χ3n) is 4.60. The predicted molar refractivity (Wildman–Crippen MR) is 132 cm³/mol. The highest BCUT2D eigenvalue weighted by atomic mass is 35.5. The van der Waals surface area contributed by atoms with E-state index in [1.165, 1.54) is 0 Å². The maximum atomic E-state index is 12.7. The van der Waals surface area contributed by atoms with Gasteiger partial charge >= 0.3 is 5.16 Å². The lowest BCUT2D eigenvalue weighted by molar-refractivity contribution is 0.399. The molecule has 8 nitrogen and oxygen atoms in total. The van der Waals surface area contributed by atoms with E-state index in [9.17, 15) is 4.55 Å². The number of ether oxygens (including phenoxy) is 2. The highest BCUT2D eigenvalue weighted by Crippen LogP contribution is 2.26. The molecule has 0 spiro atoms. The highest BCUT2D eigenvalue weighted by Gasteiger charge is 2.21. The lowest BCUT2D eigenvalue weighted by Crippen LogP contribution is -2.10. The van der Waals surface area contributed by atoms with Crippen LogP contribution in [0.2, 0.25) is 0 Å². The molecule has 11 heteroatoms. The molecular formula is C22H25Cl2N5O3S. The van der Waals surface area contributed by atoms with Crippen LogP contribution >= 0.6 is 24.0 Å². The molecule has 0 amide bonds. The van der Waals surface area contributed by atoms with E-state index >= 15 is 0 Å². The molecule has 1 unspecified atom stereocenters. The van der Waals surface area contributed by atoms with Gasteiger partial charge in [-0.1, -0.05) is 6.07 Å². The van der Waals surface area contributed by atoms with Crippen LogP contribution in [0.5, 0.6) is 11.6 Å². The number of aryl methyl sites for hydroxylation is 1. The normalized spacial score (nSPS) is 11.2. The van der Waals surface area contributed by atoms with E-state index in [0.717, 1.165) is 28.3 Å². The third kappa shape index (κ3) is 6.70. The Morgan fingerprint density at radius 2 is 1.85 bits per heavy atom. The van der Waals surface area contributed by atoms with Gasteiger partial charge in [0.05, 0.1) is 37.0 Å². The van der Waals surface area contributed by atoms with Gasteiger partial charge in [-0.2, -0.15) is 9.97 Å². The number of rotatable bonds is 6. The number of fused-ring (bicyclic) bond motifs is 1. The summed E-state index contributed by atoms with van der Waals surface area (Å²) in [5.74, 6) is 1.99. The van der Waals surface area contributed by atoms with Crippen LogP contribution in [0.1, 0.15) is 22.5 Å². The zero-order valence-corrected chi connectivity index (χ0v) is 21.1. The van der Waals surface area contributed by atoms with Crippen molar-refractivity contribution in [2.45, 2.75) is 30.6 Å². The van der Waals surface area contributed by atoms with Gasteiger partial charge < -0.3 is 14.0 Å². The minimum Gasteiger partial charge on any atom is -0.609 e. The molecular weight excluding hydrogens is 485 g/mol. The van der Waals surface area contributed by atoms with E-state index in [0.29, 0.717) is 28.1 Å². The number of aromatic nitrogens is 5. The van der Waals surface area contributed by atoms with Crippen molar-refractivity contribution in [3.63, 3.8) is 0 Å². The molecule has 1 atom stereocenters. The van der Waals surface area contributed by atoms with Gasteiger partial charge in [0.25, 0.3) is 0 Å². The number of alkyl halides is 1. The molecule has 176 valence electrons. The van der Waals surface area contributed by atoms with Crippen molar-refractivity contribution in [3.8, 4) is 11.6 Å². The smallest absolute Gasteiger partial charge is 0.323 e. The Balaban J connectivity index is 0.000000364. The number of imidazole rings is 1. The quantitative estimate of drug-likeness (QED) is 0.300. The second-order valence-corrected chi connectivity index (χ2v) is 8.39. The van der Waals surface area contributed by atoms with Crippen LogP contribution in [0.4, 0.5) is 0 Å². The van der Waals surface area contributed by atoms with Crippen LogP contribution in [-0.4, -0.2) is 43.7 Å². The van der Waals surface area contributed by atoms with Gasteiger partial charge in [-0.15, -0.1) is 24.0 Å². The SMILES string of the molecule is COc1ccc2[nH]c([S+]([O-])Cc3ncc(C)c(OC)c3C)nc2n1.Cl.ClCc1ccccn1. The number of nitrogens with zero attached hydrogens (tertiary/aromatic N) is 4. The van der Waals surface area contributed by atoms with Crippen molar-refractivity contribution in [2.24, 2.45) is 0 Å². The van der Waals surface area contributed by atoms with Gasteiger partial charge in [0.1, 0.15) is 5.75 Å². The molecule has 0 saturated carbocycles. The minimum atomic E-state index is -1.37. The lowest BCUT2D eigenvalue weighted by Gasteiger charge is -2.13. The van der Waals surface area contributed by atoms with Crippen LogP contribution in [0.25, 0.3) is 11.2 Å². The summed E-state index contributed by atoms with van der Waals surface area (Å²) < 4.78 is 23.1. The first-order valence-corrected chi connectivity index (χ1v) is 11.6. The Labute approximate surface area is 206 Å². The van der Waals surface area contributed by atoms with E-state index in [1.807, 2.05) is 32.0 Å². The Kier molecular flexibility index (Phi) is 10.2. The van der Waals surface area contributed by atoms with Crippen LogP contribution in [0.15, 0.2) is 47.9 Å². The zero-order chi connectivity index (χ0) is 23.1. The first-order valence-electron chi connectivity index (χ1n) is 9.70. The fourth-order valence-electron chi connectivity index (χ4n) is 2.96. The molecule has 0 fully saturated rings. The monoisotopic (exact) mass is 509 g/mol. The molecule has 33 heavy (non-hydrogen) atoms. The first-order chi connectivity index (χ1) is 15.5. The van der Waals surface area contributed by atoms with E-state index in [1.54, 1.807) is 38.7 Å². The largest absolute Gasteiger partial charge is 0.609 e. The van der Waals surface area contributed by atoms with Crippen LogP contribution < -0.4 is 9.47 Å². The van der Waals surface area contributed by atoms with Gasteiger partial charge in [-0.3, -0.25) is 15.0 Å². The number of hydrogen-bond donors (Lipinski definition) is 1. The van der Waals surface area contributed by atoms with Crippen molar-refractivity contribution in [1.82, 2.24) is 24.9 Å². The molecule has 0 aromatic carbocycles. The molecule has 4 aromatic rings. The summed E-state index contributed by atoms with van der Waals surface area (Å²) in [5.41, 5.74) is 4.68. The second-order valence-electron chi connectivity index (χ2n) is 6.76. The number of methoxy groups -OCH3 is 2. The van der Waals surface area contributed by atoms with Gasteiger partial charge in [0.2, 0.25) is 5.88 Å². The standard InChI is InChI=1S/C16H18N4O3S.C6H6ClN.ClH/c1-9-7-17-12(10(2)14(9)23-4)8-24(21)16-18-11-5-6-13(22-3)19-15(11)20-16;7-5-6-3-1-2-4-8-6;/h5-7H,8H2,1-4H3,(H,18,19,20);1-4H,5H2;1H. The van der Waals surface area contributed by atoms with Crippen LogP contribution in [0, 0.1) is 13.8 Å². The molecule has 0 saturated heterocycles. The number of hydrogen-bond acceptors (Lipinski definition) is 7. The van der Waals surface area contributed by atoms with Gasteiger partial charge in [0.15, 0.2) is 11.4 Å². The summed E-state index contributed by atoms with van der Waals surface area (Å²) in [7, 11) is 3.16. The Bertz CT molecular complexity index is 1180. The topological polar surface area (TPSA) is 109 Å². The van der Waals surface area contributed by atoms with Gasteiger partial charge in [-0.05, 0) is 32.0 Å². The lowest BCUT2D eigenvalue weighted by atomic mass is 10.1. The zero-order valence-electron chi connectivity index (χ0n) is 18.7. The van der Waals surface area contributed by atoms with E-state index in [-0.39, 0.29) is 18.2 Å². The number of pyridine rings is 3. The molecule has 4 heterocycles. The first kappa shape index (κ1) is 26.7. The van der Waals surface area contributed by atoms with Crippen molar-refractivity contribution in [2.75, 3.05) is 14.2 Å². The Morgan fingerprint density at radius 3 is 2.45 bits per heavy atom. The second kappa shape index (κ2) is 12.6. The Morgan fingerprint density at radius 1 is 1.06 bits per heavy atom. The molecule has 0 radical (unpaired) electrons. The average molecular weight is 510 g/mol. The molecule has 0 bridgehead atoms. The molecule has 4 aromatic heterocycles. The number of halogens is 2.